The van der Waals surface area contributed by atoms with Gasteiger partial charge in [-0.1, -0.05) is 0 Å². The third kappa shape index (κ3) is 4.53. The van der Waals surface area contributed by atoms with Crippen LogP contribution in [0.3, 0.4) is 0 Å². The van der Waals surface area contributed by atoms with Gasteiger partial charge in [0.15, 0.2) is 0 Å². The summed E-state index contributed by atoms with van der Waals surface area (Å²) in [7, 11) is 0. The van der Waals surface area contributed by atoms with Crippen LogP contribution in [-0.2, 0) is 9.53 Å². The Balaban J connectivity index is 2.58. The molecule has 0 aliphatic carbocycles. The van der Waals surface area contributed by atoms with Crippen molar-refractivity contribution in [1.29, 1.82) is 0 Å². The summed E-state index contributed by atoms with van der Waals surface area (Å²) in [6.07, 6.45) is -3.52. The van der Waals surface area contributed by atoms with Crippen LogP contribution in [-0.4, -0.2) is 29.8 Å². The van der Waals surface area contributed by atoms with E-state index in [-0.39, 0.29) is 6.42 Å². The summed E-state index contributed by atoms with van der Waals surface area (Å²) < 4.78 is 42.6. The van der Waals surface area contributed by atoms with Crippen molar-refractivity contribution in [3.8, 4) is 0 Å². The zero-order chi connectivity index (χ0) is 13.3. The molecule has 0 amide bonds. The molecule has 2 atom stereocenters. The van der Waals surface area contributed by atoms with Crippen molar-refractivity contribution in [3.05, 3.63) is 0 Å². The fourth-order valence-corrected chi connectivity index (χ4v) is 1.75. The maximum atomic E-state index is 12.5. The van der Waals surface area contributed by atoms with Gasteiger partial charge in [0.25, 0.3) is 0 Å². The highest BCUT2D eigenvalue weighted by atomic mass is 19.4. The number of carbonyl (C=O) groups excluding carboxylic acids is 1. The maximum absolute atomic E-state index is 12.5. The Bertz CT molecular complexity index is 283. The molecule has 2 unspecified atom stereocenters. The lowest BCUT2D eigenvalue weighted by Gasteiger charge is -2.32. The highest BCUT2D eigenvalue weighted by molar-refractivity contribution is 5.76. The normalized spacial score (nSPS) is 26.7. The molecule has 3 nitrogen and oxygen atoms in total. The fourth-order valence-electron chi connectivity index (χ4n) is 1.75. The Morgan fingerprint density at radius 1 is 1.24 bits per heavy atom. The van der Waals surface area contributed by atoms with Crippen LogP contribution in [0.1, 0.15) is 40.0 Å². The number of halogens is 3. The molecule has 1 aliphatic rings. The molecule has 1 aliphatic heterocycles. The smallest absolute Gasteiger partial charge is 0.403 e. The van der Waals surface area contributed by atoms with E-state index in [0.717, 1.165) is 0 Å². The van der Waals surface area contributed by atoms with Crippen molar-refractivity contribution in [1.82, 2.24) is 5.32 Å². The minimum absolute atomic E-state index is 0.0167. The molecule has 0 aromatic rings. The van der Waals surface area contributed by atoms with E-state index in [0.29, 0.717) is 12.8 Å². The molecular formula is C11H18F3NO2. The standard InChI is InChI=1S/C11H18F3NO2/c1-10(2,3)17-9(16)7-5-4-6-8(15-7)11(12,13)14/h7-8,15H,4-6H2,1-3H3. The topological polar surface area (TPSA) is 38.3 Å². The summed E-state index contributed by atoms with van der Waals surface area (Å²) in [6.45, 7) is 5.07. The molecule has 1 saturated heterocycles. The van der Waals surface area contributed by atoms with Gasteiger partial charge in [0.1, 0.15) is 17.7 Å². The Morgan fingerprint density at radius 3 is 2.29 bits per heavy atom. The van der Waals surface area contributed by atoms with Crippen LogP contribution in [0.5, 0.6) is 0 Å². The van der Waals surface area contributed by atoms with E-state index < -0.39 is 29.8 Å². The number of piperidine rings is 1. The lowest BCUT2D eigenvalue weighted by molar-refractivity contribution is -0.173. The van der Waals surface area contributed by atoms with E-state index in [2.05, 4.69) is 5.32 Å². The summed E-state index contributed by atoms with van der Waals surface area (Å²) in [5, 5.41) is 2.32. The van der Waals surface area contributed by atoms with Crippen LogP contribution in [0, 0.1) is 0 Å². The molecular weight excluding hydrogens is 235 g/mol. The summed E-state index contributed by atoms with van der Waals surface area (Å²) in [5.41, 5.74) is -0.677. The highest BCUT2D eigenvalue weighted by Crippen LogP contribution is 2.28. The van der Waals surface area contributed by atoms with Gasteiger partial charge in [-0.2, -0.15) is 13.2 Å². The van der Waals surface area contributed by atoms with Crippen LogP contribution in [0.25, 0.3) is 0 Å². The Labute approximate surface area is 98.7 Å². The summed E-state index contributed by atoms with van der Waals surface area (Å²) >= 11 is 0. The lowest BCUT2D eigenvalue weighted by atomic mass is 9.98. The summed E-state index contributed by atoms with van der Waals surface area (Å²) in [5.74, 6) is -0.605. The largest absolute Gasteiger partial charge is 0.459 e. The zero-order valence-electron chi connectivity index (χ0n) is 10.2. The molecule has 1 heterocycles. The van der Waals surface area contributed by atoms with Gasteiger partial charge < -0.3 is 4.74 Å². The highest BCUT2D eigenvalue weighted by Gasteiger charge is 2.44. The second-order valence-electron chi connectivity index (χ2n) is 5.28. The maximum Gasteiger partial charge on any atom is 0.403 e. The first-order valence-corrected chi connectivity index (χ1v) is 5.65. The second kappa shape index (κ2) is 4.84. The van der Waals surface area contributed by atoms with Crippen molar-refractivity contribution >= 4 is 5.97 Å². The Kier molecular flexibility index (Phi) is 4.06. The van der Waals surface area contributed by atoms with E-state index in [4.69, 9.17) is 4.74 Å². The first-order valence-electron chi connectivity index (χ1n) is 5.65. The molecule has 0 saturated carbocycles. The van der Waals surface area contributed by atoms with Crippen molar-refractivity contribution in [3.63, 3.8) is 0 Å². The van der Waals surface area contributed by atoms with Gasteiger partial charge in [0.05, 0.1) is 0 Å². The molecule has 0 radical (unpaired) electrons. The van der Waals surface area contributed by atoms with Gasteiger partial charge in [0.2, 0.25) is 0 Å². The van der Waals surface area contributed by atoms with E-state index in [1.165, 1.54) is 0 Å². The molecule has 0 aromatic carbocycles. The molecule has 0 aromatic heterocycles. The zero-order valence-corrected chi connectivity index (χ0v) is 10.2. The Morgan fingerprint density at radius 2 is 1.82 bits per heavy atom. The van der Waals surface area contributed by atoms with E-state index in [1.54, 1.807) is 20.8 Å². The second-order valence-corrected chi connectivity index (χ2v) is 5.28. The summed E-state index contributed by atoms with van der Waals surface area (Å²) in [4.78, 5) is 11.6. The van der Waals surface area contributed by atoms with Gasteiger partial charge in [-0.3, -0.25) is 10.1 Å². The van der Waals surface area contributed by atoms with Crippen molar-refractivity contribution in [2.45, 2.75) is 63.9 Å². The third-order valence-corrected chi connectivity index (χ3v) is 2.47. The monoisotopic (exact) mass is 253 g/mol. The molecule has 1 fully saturated rings. The van der Waals surface area contributed by atoms with Crippen LogP contribution >= 0.6 is 0 Å². The van der Waals surface area contributed by atoms with Gasteiger partial charge in [0, 0.05) is 0 Å². The third-order valence-electron chi connectivity index (χ3n) is 2.47. The first-order chi connectivity index (χ1) is 7.59. The number of alkyl halides is 3. The van der Waals surface area contributed by atoms with Crippen LogP contribution in [0.2, 0.25) is 0 Å². The average molecular weight is 253 g/mol. The number of rotatable bonds is 1. The quantitative estimate of drug-likeness (QED) is 0.729. The molecule has 0 spiro atoms. The number of esters is 1. The first kappa shape index (κ1) is 14.3. The molecule has 1 rings (SSSR count). The minimum Gasteiger partial charge on any atom is -0.459 e. The van der Waals surface area contributed by atoms with Gasteiger partial charge in [-0.05, 0) is 40.0 Å². The fraction of sp³-hybridized carbons (Fsp3) is 0.909. The molecule has 1 N–H and O–H groups in total. The van der Waals surface area contributed by atoms with Gasteiger partial charge in [-0.15, -0.1) is 0 Å². The van der Waals surface area contributed by atoms with Gasteiger partial charge >= 0.3 is 12.1 Å². The molecule has 0 bridgehead atoms. The van der Waals surface area contributed by atoms with Gasteiger partial charge in [-0.25, -0.2) is 0 Å². The van der Waals surface area contributed by atoms with E-state index >= 15 is 0 Å². The summed E-state index contributed by atoms with van der Waals surface area (Å²) in [6, 6.07) is -2.46. The molecule has 6 heteroatoms. The SMILES string of the molecule is CC(C)(C)OC(=O)C1CCCC(C(F)(F)F)N1. The number of ether oxygens (including phenoxy) is 1. The average Bonchev–Trinajstić information content (AvgIpc) is 2.14. The predicted octanol–water partition coefficient (Wildman–Crippen LogP) is 2.40. The number of hydrogen-bond donors (Lipinski definition) is 1. The number of carbonyl (C=O) groups is 1. The number of nitrogens with one attached hydrogen (secondary N) is 1. The van der Waals surface area contributed by atoms with Crippen molar-refractivity contribution in [2.24, 2.45) is 0 Å². The van der Waals surface area contributed by atoms with Crippen LogP contribution < -0.4 is 5.32 Å². The Hall–Kier alpha value is -0.780. The predicted molar refractivity (Wildman–Crippen MR) is 56.5 cm³/mol. The van der Waals surface area contributed by atoms with Crippen LogP contribution in [0.4, 0.5) is 13.2 Å². The molecule has 17 heavy (non-hydrogen) atoms. The van der Waals surface area contributed by atoms with E-state index in [9.17, 15) is 18.0 Å². The van der Waals surface area contributed by atoms with Crippen molar-refractivity contribution in [2.75, 3.05) is 0 Å². The number of hydrogen-bond acceptors (Lipinski definition) is 3. The van der Waals surface area contributed by atoms with Crippen LogP contribution in [0.15, 0.2) is 0 Å². The molecule has 100 valence electrons. The lowest BCUT2D eigenvalue weighted by Crippen LogP contribution is -2.54. The van der Waals surface area contributed by atoms with E-state index in [1.807, 2.05) is 0 Å². The van der Waals surface area contributed by atoms with Crippen molar-refractivity contribution < 1.29 is 22.7 Å². The minimum atomic E-state index is -4.30.